The Morgan fingerprint density at radius 1 is 1.29 bits per heavy atom. The first-order chi connectivity index (χ1) is 10.2. The summed E-state index contributed by atoms with van der Waals surface area (Å²) in [5, 5.41) is 2.40. The first kappa shape index (κ1) is 14.6. The van der Waals surface area contributed by atoms with Crippen LogP contribution in [0.4, 0.5) is 0 Å². The summed E-state index contributed by atoms with van der Waals surface area (Å²) in [6.45, 7) is 0.0916. The number of benzene rings is 1. The third-order valence-electron chi connectivity index (χ3n) is 2.68. The minimum Gasteiger partial charge on any atom is -0.468 e. The van der Waals surface area contributed by atoms with Gasteiger partial charge in [-0.25, -0.2) is 0 Å². The number of carbonyl (C=O) groups is 2. The molecular formula is C15H15NO5. The summed E-state index contributed by atoms with van der Waals surface area (Å²) in [4.78, 5) is 22.2. The van der Waals surface area contributed by atoms with Gasteiger partial charge in [-0.15, -0.1) is 0 Å². The lowest BCUT2D eigenvalue weighted by Crippen LogP contribution is -2.28. The van der Waals surface area contributed by atoms with Gasteiger partial charge in [0.05, 0.1) is 7.11 Å². The van der Waals surface area contributed by atoms with Crippen molar-refractivity contribution in [2.24, 2.45) is 0 Å². The van der Waals surface area contributed by atoms with Crippen molar-refractivity contribution in [3.8, 4) is 11.5 Å². The molecule has 0 atom stereocenters. The number of fused-ring (bicyclic) bond motifs is 1. The van der Waals surface area contributed by atoms with E-state index in [1.807, 2.05) is 24.3 Å². The molecule has 1 N–H and O–H groups in total. The van der Waals surface area contributed by atoms with Gasteiger partial charge in [0.1, 0.15) is 6.54 Å². The van der Waals surface area contributed by atoms with Crippen LogP contribution in [0.3, 0.4) is 0 Å². The van der Waals surface area contributed by atoms with E-state index in [0.29, 0.717) is 5.75 Å². The largest absolute Gasteiger partial charge is 0.468 e. The van der Waals surface area contributed by atoms with E-state index in [-0.39, 0.29) is 19.2 Å². The monoisotopic (exact) mass is 289 g/mol. The molecule has 1 aromatic carbocycles. The SMILES string of the molecule is COC(=O)CNC(=O)/C=C/C=C/c1ccc2c(c1)OCO2. The van der Waals surface area contributed by atoms with Crippen molar-refractivity contribution in [1.29, 1.82) is 0 Å². The average Bonchev–Trinajstić information content (AvgIpc) is 2.96. The smallest absolute Gasteiger partial charge is 0.325 e. The topological polar surface area (TPSA) is 73.9 Å². The molecular weight excluding hydrogens is 274 g/mol. The Morgan fingerprint density at radius 2 is 2.10 bits per heavy atom. The van der Waals surface area contributed by atoms with Crippen LogP contribution in [-0.2, 0) is 14.3 Å². The third kappa shape index (κ3) is 4.38. The molecule has 0 aromatic heterocycles. The van der Waals surface area contributed by atoms with Crippen LogP contribution in [0.1, 0.15) is 5.56 Å². The van der Waals surface area contributed by atoms with Crippen molar-refractivity contribution in [2.75, 3.05) is 20.4 Å². The summed E-state index contributed by atoms with van der Waals surface area (Å²) in [5.41, 5.74) is 0.930. The summed E-state index contributed by atoms with van der Waals surface area (Å²) >= 11 is 0. The van der Waals surface area contributed by atoms with E-state index in [9.17, 15) is 9.59 Å². The van der Waals surface area contributed by atoms with Crippen LogP contribution in [0.25, 0.3) is 6.08 Å². The number of esters is 1. The summed E-state index contributed by atoms with van der Waals surface area (Å²) < 4.78 is 14.9. The van der Waals surface area contributed by atoms with Crippen molar-refractivity contribution in [3.63, 3.8) is 0 Å². The van der Waals surface area contributed by atoms with Crippen molar-refractivity contribution >= 4 is 18.0 Å². The van der Waals surface area contributed by atoms with Crippen molar-refractivity contribution < 1.29 is 23.8 Å². The van der Waals surface area contributed by atoms with Crippen molar-refractivity contribution in [2.45, 2.75) is 0 Å². The highest BCUT2D eigenvalue weighted by atomic mass is 16.7. The van der Waals surface area contributed by atoms with Gasteiger partial charge in [-0.1, -0.05) is 24.3 Å². The van der Waals surface area contributed by atoms with Gasteiger partial charge in [-0.3, -0.25) is 9.59 Å². The maximum Gasteiger partial charge on any atom is 0.325 e. The second kappa shape index (κ2) is 7.14. The molecule has 1 aromatic rings. The van der Waals surface area contributed by atoms with Gasteiger partial charge in [-0.05, 0) is 17.7 Å². The van der Waals surface area contributed by atoms with Crippen LogP contribution in [-0.4, -0.2) is 32.3 Å². The lowest BCUT2D eigenvalue weighted by Gasteiger charge is -1.99. The first-order valence-electron chi connectivity index (χ1n) is 6.28. The van der Waals surface area contributed by atoms with Gasteiger partial charge >= 0.3 is 5.97 Å². The molecule has 0 saturated heterocycles. The number of amides is 1. The molecule has 1 aliphatic rings. The van der Waals surface area contributed by atoms with E-state index < -0.39 is 5.97 Å². The normalized spacial score (nSPS) is 12.8. The Labute approximate surface area is 122 Å². The van der Waals surface area contributed by atoms with E-state index in [4.69, 9.17) is 9.47 Å². The van der Waals surface area contributed by atoms with E-state index in [1.165, 1.54) is 13.2 Å². The molecule has 21 heavy (non-hydrogen) atoms. The highest BCUT2D eigenvalue weighted by Gasteiger charge is 2.11. The van der Waals surface area contributed by atoms with Crippen LogP contribution in [0, 0.1) is 0 Å². The summed E-state index contributed by atoms with van der Waals surface area (Å²) in [7, 11) is 1.26. The Kier molecular flexibility index (Phi) is 4.98. The van der Waals surface area contributed by atoms with Gasteiger partial charge in [0.25, 0.3) is 0 Å². The van der Waals surface area contributed by atoms with Gasteiger partial charge < -0.3 is 19.5 Å². The molecule has 0 aliphatic carbocycles. The molecule has 2 rings (SSSR count). The van der Waals surface area contributed by atoms with E-state index in [2.05, 4.69) is 10.1 Å². The Balaban J connectivity index is 1.83. The molecule has 110 valence electrons. The van der Waals surface area contributed by atoms with Crippen LogP contribution in [0.15, 0.2) is 36.4 Å². The lowest BCUT2D eigenvalue weighted by atomic mass is 10.2. The Morgan fingerprint density at radius 3 is 2.90 bits per heavy atom. The number of rotatable bonds is 5. The molecule has 6 heteroatoms. The molecule has 1 amide bonds. The molecule has 1 heterocycles. The number of allylic oxidation sites excluding steroid dienone is 2. The summed E-state index contributed by atoms with van der Waals surface area (Å²) in [5.74, 6) is 0.574. The maximum atomic E-state index is 11.4. The zero-order chi connectivity index (χ0) is 15.1. The molecule has 0 spiro atoms. The molecule has 0 radical (unpaired) electrons. The van der Waals surface area contributed by atoms with Crippen molar-refractivity contribution in [1.82, 2.24) is 5.32 Å². The number of hydrogen-bond donors (Lipinski definition) is 1. The third-order valence-corrected chi connectivity index (χ3v) is 2.68. The van der Waals surface area contributed by atoms with Crippen LogP contribution in [0.5, 0.6) is 11.5 Å². The fourth-order valence-corrected chi connectivity index (χ4v) is 1.62. The number of carbonyl (C=O) groups excluding carboxylic acids is 2. The lowest BCUT2D eigenvalue weighted by molar-refractivity contribution is -0.140. The number of nitrogens with one attached hydrogen (secondary N) is 1. The Hall–Kier alpha value is -2.76. The van der Waals surface area contributed by atoms with Crippen LogP contribution >= 0.6 is 0 Å². The fourth-order valence-electron chi connectivity index (χ4n) is 1.62. The van der Waals surface area contributed by atoms with Gasteiger partial charge in [0.2, 0.25) is 12.7 Å². The van der Waals surface area contributed by atoms with E-state index >= 15 is 0 Å². The average molecular weight is 289 g/mol. The highest BCUT2D eigenvalue weighted by molar-refractivity contribution is 5.90. The predicted molar refractivity (Wildman–Crippen MR) is 75.8 cm³/mol. The molecule has 0 fully saturated rings. The first-order valence-corrected chi connectivity index (χ1v) is 6.28. The second-order valence-electron chi connectivity index (χ2n) is 4.12. The Bertz CT molecular complexity index is 592. The second-order valence-corrected chi connectivity index (χ2v) is 4.12. The quantitative estimate of drug-likeness (QED) is 0.502. The van der Waals surface area contributed by atoms with E-state index in [0.717, 1.165) is 11.3 Å². The van der Waals surface area contributed by atoms with Gasteiger partial charge in [0, 0.05) is 6.08 Å². The minimum absolute atomic E-state index is 0.147. The minimum atomic E-state index is -0.493. The maximum absolute atomic E-state index is 11.4. The van der Waals surface area contributed by atoms with Crippen LogP contribution < -0.4 is 14.8 Å². The fraction of sp³-hybridized carbons (Fsp3) is 0.200. The number of methoxy groups -OCH3 is 1. The zero-order valence-electron chi connectivity index (χ0n) is 11.5. The molecule has 0 bridgehead atoms. The van der Waals surface area contributed by atoms with Crippen molar-refractivity contribution in [3.05, 3.63) is 42.0 Å². The molecule has 0 saturated carbocycles. The summed E-state index contributed by atoms with van der Waals surface area (Å²) in [6.07, 6.45) is 6.45. The standard InChI is InChI=1S/C15H15NO5/c1-19-15(18)9-16-14(17)5-3-2-4-11-6-7-12-13(8-11)21-10-20-12/h2-8H,9-10H2,1H3,(H,16,17)/b4-2+,5-3+. The molecule has 1 aliphatic heterocycles. The molecule has 6 nitrogen and oxygen atoms in total. The van der Waals surface area contributed by atoms with E-state index in [1.54, 1.807) is 12.2 Å². The van der Waals surface area contributed by atoms with Gasteiger partial charge in [0.15, 0.2) is 11.5 Å². The van der Waals surface area contributed by atoms with Gasteiger partial charge in [-0.2, -0.15) is 0 Å². The van der Waals surface area contributed by atoms with Crippen LogP contribution in [0.2, 0.25) is 0 Å². The molecule has 0 unspecified atom stereocenters. The highest BCUT2D eigenvalue weighted by Crippen LogP contribution is 2.32. The zero-order valence-corrected chi connectivity index (χ0v) is 11.5. The predicted octanol–water partition coefficient (Wildman–Crippen LogP) is 1.27. The summed E-state index contributed by atoms with van der Waals surface area (Å²) in [6, 6.07) is 5.56. The number of hydrogen-bond acceptors (Lipinski definition) is 5. The number of ether oxygens (including phenoxy) is 3.